The SMILES string of the molecule is C=CCN(CCC)CC1CC2CCC1N2. The molecule has 0 aromatic carbocycles. The van der Waals surface area contributed by atoms with Crippen molar-refractivity contribution in [1.29, 1.82) is 0 Å². The minimum absolute atomic E-state index is 0.819. The molecular weight excluding hydrogens is 184 g/mol. The minimum atomic E-state index is 0.819. The van der Waals surface area contributed by atoms with Crippen molar-refractivity contribution in [3.63, 3.8) is 0 Å². The highest BCUT2D eigenvalue weighted by Crippen LogP contribution is 2.33. The maximum Gasteiger partial charge on any atom is 0.0160 e. The van der Waals surface area contributed by atoms with E-state index in [1.807, 2.05) is 6.08 Å². The van der Waals surface area contributed by atoms with Gasteiger partial charge in [-0.3, -0.25) is 4.90 Å². The molecule has 2 fully saturated rings. The van der Waals surface area contributed by atoms with Gasteiger partial charge in [-0.15, -0.1) is 6.58 Å². The lowest BCUT2D eigenvalue weighted by Crippen LogP contribution is -2.35. The highest BCUT2D eigenvalue weighted by Gasteiger charge is 2.39. The summed E-state index contributed by atoms with van der Waals surface area (Å²) in [6.07, 6.45) is 7.51. The maximum atomic E-state index is 3.85. The summed E-state index contributed by atoms with van der Waals surface area (Å²) < 4.78 is 0. The van der Waals surface area contributed by atoms with Gasteiger partial charge in [-0.1, -0.05) is 13.0 Å². The first-order valence-electron chi connectivity index (χ1n) is 6.42. The van der Waals surface area contributed by atoms with Gasteiger partial charge in [0.05, 0.1) is 0 Å². The Hall–Kier alpha value is -0.340. The van der Waals surface area contributed by atoms with E-state index >= 15 is 0 Å². The van der Waals surface area contributed by atoms with E-state index in [2.05, 4.69) is 23.7 Å². The van der Waals surface area contributed by atoms with Gasteiger partial charge in [-0.2, -0.15) is 0 Å². The summed E-state index contributed by atoms with van der Waals surface area (Å²) in [4.78, 5) is 2.56. The average molecular weight is 208 g/mol. The van der Waals surface area contributed by atoms with E-state index in [0.717, 1.165) is 24.5 Å². The molecule has 0 aromatic rings. The second-order valence-corrected chi connectivity index (χ2v) is 5.09. The molecule has 0 aromatic heterocycles. The third kappa shape index (κ3) is 2.61. The van der Waals surface area contributed by atoms with Crippen molar-refractivity contribution in [3.05, 3.63) is 12.7 Å². The lowest BCUT2D eigenvalue weighted by atomic mass is 9.89. The Kier molecular flexibility index (Phi) is 3.81. The van der Waals surface area contributed by atoms with Crippen molar-refractivity contribution in [2.75, 3.05) is 19.6 Å². The van der Waals surface area contributed by atoms with Gasteiger partial charge in [0.1, 0.15) is 0 Å². The van der Waals surface area contributed by atoms with Crippen LogP contribution in [0.25, 0.3) is 0 Å². The quantitative estimate of drug-likeness (QED) is 0.672. The molecule has 0 radical (unpaired) electrons. The van der Waals surface area contributed by atoms with E-state index in [-0.39, 0.29) is 0 Å². The molecule has 0 spiro atoms. The molecule has 2 heteroatoms. The molecule has 2 heterocycles. The maximum absolute atomic E-state index is 3.85. The van der Waals surface area contributed by atoms with E-state index in [1.165, 1.54) is 38.8 Å². The molecule has 0 saturated carbocycles. The average Bonchev–Trinajstić information content (AvgIpc) is 2.80. The van der Waals surface area contributed by atoms with E-state index in [0.29, 0.717) is 0 Å². The highest BCUT2D eigenvalue weighted by atomic mass is 15.1. The second-order valence-electron chi connectivity index (χ2n) is 5.09. The van der Waals surface area contributed by atoms with E-state index in [4.69, 9.17) is 0 Å². The van der Waals surface area contributed by atoms with Gasteiger partial charge in [0, 0.05) is 25.2 Å². The van der Waals surface area contributed by atoms with Crippen LogP contribution in [0.2, 0.25) is 0 Å². The first kappa shape index (κ1) is 11.2. The fraction of sp³-hybridized carbons (Fsp3) is 0.846. The van der Waals surface area contributed by atoms with Gasteiger partial charge in [0.15, 0.2) is 0 Å². The molecule has 0 aliphatic carbocycles. The fourth-order valence-corrected chi connectivity index (χ4v) is 3.23. The van der Waals surface area contributed by atoms with Crippen molar-refractivity contribution in [3.8, 4) is 0 Å². The molecule has 2 aliphatic heterocycles. The first-order chi connectivity index (χ1) is 7.33. The molecule has 1 N–H and O–H groups in total. The predicted octanol–water partition coefficient (Wildman–Crippen LogP) is 2.02. The Labute approximate surface area is 93.7 Å². The van der Waals surface area contributed by atoms with Gasteiger partial charge < -0.3 is 5.32 Å². The van der Waals surface area contributed by atoms with E-state index in [9.17, 15) is 0 Å². The van der Waals surface area contributed by atoms with Crippen molar-refractivity contribution < 1.29 is 0 Å². The predicted molar refractivity (Wildman–Crippen MR) is 65.0 cm³/mol. The largest absolute Gasteiger partial charge is 0.311 e. The lowest BCUT2D eigenvalue weighted by Gasteiger charge is -2.28. The topological polar surface area (TPSA) is 15.3 Å². The molecule has 86 valence electrons. The number of nitrogens with zero attached hydrogens (tertiary/aromatic N) is 1. The molecular formula is C13H24N2. The van der Waals surface area contributed by atoms with Gasteiger partial charge in [-0.05, 0) is 38.1 Å². The van der Waals surface area contributed by atoms with Crippen LogP contribution >= 0.6 is 0 Å². The van der Waals surface area contributed by atoms with Crippen LogP contribution in [0.15, 0.2) is 12.7 Å². The Morgan fingerprint density at radius 2 is 2.33 bits per heavy atom. The highest BCUT2D eigenvalue weighted by molar-refractivity contribution is 4.98. The third-order valence-corrected chi connectivity index (χ3v) is 3.85. The summed E-state index contributed by atoms with van der Waals surface area (Å²) in [6, 6.07) is 1.66. The molecule has 3 unspecified atom stereocenters. The second kappa shape index (κ2) is 5.13. The summed E-state index contributed by atoms with van der Waals surface area (Å²) in [7, 11) is 0. The monoisotopic (exact) mass is 208 g/mol. The summed E-state index contributed by atoms with van der Waals surface area (Å²) in [5.74, 6) is 0.898. The van der Waals surface area contributed by atoms with Crippen LogP contribution in [0.1, 0.15) is 32.6 Å². The lowest BCUT2D eigenvalue weighted by molar-refractivity contribution is 0.229. The van der Waals surface area contributed by atoms with Crippen LogP contribution in [-0.4, -0.2) is 36.6 Å². The number of hydrogen-bond donors (Lipinski definition) is 1. The number of rotatable bonds is 6. The molecule has 15 heavy (non-hydrogen) atoms. The zero-order chi connectivity index (χ0) is 10.7. The van der Waals surface area contributed by atoms with Crippen molar-refractivity contribution >= 4 is 0 Å². The van der Waals surface area contributed by atoms with Crippen molar-refractivity contribution in [1.82, 2.24) is 10.2 Å². The summed E-state index contributed by atoms with van der Waals surface area (Å²) in [5, 5.41) is 3.71. The van der Waals surface area contributed by atoms with Gasteiger partial charge >= 0.3 is 0 Å². The standard InChI is InChI=1S/C13H24N2/c1-3-7-15(8-4-2)10-11-9-12-5-6-13(11)14-12/h3,11-14H,1,4-10H2,2H3. The van der Waals surface area contributed by atoms with Gasteiger partial charge in [0.25, 0.3) is 0 Å². The number of fused-ring (bicyclic) bond motifs is 2. The Bertz CT molecular complexity index is 215. The Morgan fingerprint density at radius 1 is 1.47 bits per heavy atom. The number of hydrogen-bond acceptors (Lipinski definition) is 2. The molecule has 2 nitrogen and oxygen atoms in total. The van der Waals surface area contributed by atoms with Crippen molar-refractivity contribution in [2.24, 2.45) is 5.92 Å². The zero-order valence-corrected chi connectivity index (χ0v) is 9.91. The fourth-order valence-electron chi connectivity index (χ4n) is 3.23. The number of nitrogens with one attached hydrogen (secondary N) is 1. The molecule has 2 aliphatic rings. The normalized spacial score (nSPS) is 33.9. The van der Waals surface area contributed by atoms with Gasteiger partial charge in [0.2, 0.25) is 0 Å². The third-order valence-electron chi connectivity index (χ3n) is 3.85. The summed E-state index contributed by atoms with van der Waals surface area (Å²) in [5.41, 5.74) is 0. The van der Waals surface area contributed by atoms with Crippen LogP contribution < -0.4 is 5.32 Å². The zero-order valence-electron chi connectivity index (χ0n) is 9.91. The van der Waals surface area contributed by atoms with Crippen LogP contribution in [-0.2, 0) is 0 Å². The van der Waals surface area contributed by atoms with Gasteiger partial charge in [-0.25, -0.2) is 0 Å². The van der Waals surface area contributed by atoms with Crippen LogP contribution in [0.4, 0.5) is 0 Å². The molecule has 2 rings (SSSR count). The molecule has 2 bridgehead atoms. The summed E-state index contributed by atoms with van der Waals surface area (Å²) in [6.45, 7) is 9.66. The Balaban J connectivity index is 1.81. The van der Waals surface area contributed by atoms with E-state index in [1.54, 1.807) is 0 Å². The van der Waals surface area contributed by atoms with Crippen LogP contribution in [0.5, 0.6) is 0 Å². The molecule has 2 saturated heterocycles. The van der Waals surface area contributed by atoms with Crippen LogP contribution in [0, 0.1) is 5.92 Å². The van der Waals surface area contributed by atoms with E-state index < -0.39 is 0 Å². The summed E-state index contributed by atoms with van der Waals surface area (Å²) >= 11 is 0. The minimum Gasteiger partial charge on any atom is -0.311 e. The molecule has 3 atom stereocenters. The first-order valence-corrected chi connectivity index (χ1v) is 6.42. The Morgan fingerprint density at radius 3 is 2.87 bits per heavy atom. The molecule has 0 amide bonds. The van der Waals surface area contributed by atoms with Crippen LogP contribution in [0.3, 0.4) is 0 Å². The smallest absolute Gasteiger partial charge is 0.0160 e. The van der Waals surface area contributed by atoms with Crippen molar-refractivity contribution in [2.45, 2.75) is 44.7 Å².